The standard InChI is InChI=1S/C23H22FN5O5/c1-2-34-23(31)16-10-15(11-17(12-16)29(32)33)22(30)25-19-13-14(7-8-18(19)24)21-27-26-20-6-4-3-5-9-28(20)21/h7-8,10-13H,2-6,9H2,1H3,(H,25,30). The number of amides is 1. The summed E-state index contributed by atoms with van der Waals surface area (Å²) < 4.78 is 21.4. The Morgan fingerprint density at radius 3 is 2.71 bits per heavy atom. The van der Waals surface area contributed by atoms with E-state index in [1.54, 1.807) is 13.0 Å². The van der Waals surface area contributed by atoms with Gasteiger partial charge in [-0.05, 0) is 44.0 Å². The highest BCUT2D eigenvalue weighted by Gasteiger charge is 2.21. The van der Waals surface area contributed by atoms with Crippen LogP contribution in [0.3, 0.4) is 0 Å². The number of esters is 1. The third kappa shape index (κ3) is 4.77. The molecule has 0 radical (unpaired) electrons. The van der Waals surface area contributed by atoms with E-state index in [-0.39, 0.29) is 23.4 Å². The highest BCUT2D eigenvalue weighted by Crippen LogP contribution is 2.27. The Morgan fingerprint density at radius 2 is 1.94 bits per heavy atom. The molecule has 2 heterocycles. The fraction of sp³-hybridized carbons (Fsp3) is 0.304. The molecule has 2 aromatic carbocycles. The van der Waals surface area contributed by atoms with Gasteiger partial charge < -0.3 is 14.6 Å². The molecule has 10 nitrogen and oxygen atoms in total. The van der Waals surface area contributed by atoms with Crippen molar-refractivity contribution >= 4 is 23.3 Å². The van der Waals surface area contributed by atoms with Gasteiger partial charge in [0.15, 0.2) is 5.82 Å². The predicted octanol–water partition coefficient (Wildman–Crippen LogP) is 4.15. The van der Waals surface area contributed by atoms with Gasteiger partial charge in [0.2, 0.25) is 0 Å². The largest absolute Gasteiger partial charge is 0.462 e. The van der Waals surface area contributed by atoms with Gasteiger partial charge in [0.05, 0.1) is 22.8 Å². The van der Waals surface area contributed by atoms with Crippen LogP contribution in [0.2, 0.25) is 0 Å². The van der Waals surface area contributed by atoms with Gasteiger partial charge in [-0.2, -0.15) is 0 Å². The maximum atomic E-state index is 14.6. The highest BCUT2D eigenvalue weighted by atomic mass is 19.1. The number of fused-ring (bicyclic) bond motifs is 1. The van der Waals surface area contributed by atoms with Crippen LogP contribution in [-0.4, -0.2) is 38.2 Å². The van der Waals surface area contributed by atoms with Gasteiger partial charge in [0.1, 0.15) is 11.6 Å². The summed E-state index contributed by atoms with van der Waals surface area (Å²) in [5.41, 5.74) is -0.350. The Morgan fingerprint density at radius 1 is 1.15 bits per heavy atom. The predicted molar refractivity (Wildman–Crippen MR) is 120 cm³/mol. The second kappa shape index (κ2) is 9.77. The molecule has 176 valence electrons. The number of aryl methyl sites for hydroxylation is 1. The summed E-state index contributed by atoms with van der Waals surface area (Å²) in [7, 11) is 0. The minimum absolute atomic E-state index is 0.0629. The molecule has 0 atom stereocenters. The number of carbonyl (C=O) groups excluding carboxylic acids is 2. The number of nitrogens with one attached hydrogen (secondary N) is 1. The Bertz CT molecular complexity index is 1270. The van der Waals surface area contributed by atoms with E-state index in [0.29, 0.717) is 11.4 Å². The number of non-ortho nitro benzene ring substituents is 1. The first-order valence-corrected chi connectivity index (χ1v) is 10.9. The van der Waals surface area contributed by atoms with Gasteiger partial charge in [-0.25, -0.2) is 9.18 Å². The summed E-state index contributed by atoms with van der Waals surface area (Å²) in [5.74, 6) is -0.868. The zero-order chi connectivity index (χ0) is 24.2. The molecule has 0 saturated heterocycles. The normalized spacial score (nSPS) is 13.0. The van der Waals surface area contributed by atoms with Gasteiger partial charge >= 0.3 is 5.97 Å². The summed E-state index contributed by atoms with van der Waals surface area (Å²) in [6, 6.07) is 7.41. The van der Waals surface area contributed by atoms with Gasteiger partial charge in [0.25, 0.3) is 11.6 Å². The Kier molecular flexibility index (Phi) is 6.62. The Balaban J connectivity index is 1.65. The van der Waals surface area contributed by atoms with Crippen molar-refractivity contribution in [2.75, 3.05) is 11.9 Å². The Hall–Kier alpha value is -4.15. The number of aromatic nitrogens is 3. The minimum Gasteiger partial charge on any atom is -0.462 e. The third-order valence-corrected chi connectivity index (χ3v) is 5.48. The molecular formula is C23H22FN5O5. The van der Waals surface area contributed by atoms with Crippen LogP contribution in [0.5, 0.6) is 0 Å². The lowest BCUT2D eigenvalue weighted by atomic mass is 10.1. The molecule has 0 bridgehead atoms. The van der Waals surface area contributed by atoms with E-state index in [4.69, 9.17) is 4.74 Å². The molecule has 4 rings (SSSR count). The number of nitro groups is 1. The molecule has 1 aromatic heterocycles. The average molecular weight is 467 g/mol. The van der Waals surface area contributed by atoms with Gasteiger partial charge in [-0.15, -0.1) is 10.2 Å². The lowest BCUT2D eigenvalue weighted by molar-refractivity contribution is -0.384. The van der Waals surface area contributed by atoms with E-state index in [0.717, 1.165) is 50.2 Å². The first-order chi connectivity index (χ1) is 16.4. The van der Waals surface area contributed by atoms with E-state index in [9.17, 15) is 24.1 Å². The number of halogens is 1. The van der Waals surface area contributed by atoms with Gasteiger partial charge in [0, 0.05) is 36.2 Å². The molecule has 0 saturated carbocycles. The van der Waals surface area contributed by atoms with Gasteiger partial charge in [-0.3, -0.25) is 14.9 Å². The molecule has 0 aliphatic carbocycles. The van der Waals surface area contributed by atoms with Crippen LogP contribution in [0.4, 0.5) is 15.8 Å². The van der Waals surface area contributed by atoms with Crippen molar-refractivity contribution in [3.8, 4) is 11.4 Å². The van der Waals surface area contributed by atoms with Crippen LogP contribution in [0, 0.1) is 15.9 Å². The molecule has 1 aliphatic rings. The van der Waals surface area contributed by atoms with Crippen molar-refractivity contribution < 1.29 is 23.6 Å². The molecule has 1 aliphatic heterocycles. The zero-order valence-corrected chi connectivity index (χ0v) is 18.4. The lowest BCUT2D eigenvalue weighted by Crippen LogP contribution is -2.15. The van der Waals surface area contributed by atoms with Crippen molar-refractivity contribution in [3.63, 3.8) is 0 Å². The minimum atomic E-state index is -0.814. The number of benzene rings is 2. The molecule has 34 heavy (non-hydrogen) atoms. The Labute approximate surface area is 193 Å². The molecule has 11 heteroatoms. The van der Waals surface area contributed by atoms with Crippen LogP contribution < -0.4 is 5.32 Å². The van der Waals surface area contributed by atoms with Crippen molar-refractivity contribution in [1.29, 1.82) is 0 Å². The quantitative estimate of drug-likeness (QED) is 0.327. The van der Waals surface area contributed by atoms with Crippen molar-refractivity contribution in [3.05, 3.63) is 69.3 Å². The lowest BCUT2D eigenvalue weighted by Gasteiger charge is -2.11. The monoisotopic (exact) mass is 467 g/mol. The topological polar surface area (TPSA) is 129 Å². The second-order valence-corrected chi connectivity index (χ2v) is 7.80. The average Bonchev–Trinajstić information content (AvgIpc) is 3.08. The fourth-order valence-corrected chi connectivity index (χ4v) is 3.83. The first-order valence-electron chi connectivity index (χ1n) is 10.9. The van der Waals surface area contributed by atoms with E-state index >= 15 is 0 Å². The summed E-state index contributed by atoms with van der Waals surface area (Å²) in [6.07, 6.45) is 3.91. The first kappa shape index (κ1) is 23.0. The maximum Gasteiger partial charge on any atom is 0.338 e. The van der Waals surface area contributed by atoms with E-state index < -0.39 is 28.3 Å². The zero-order valence-electron chi connectivity index (χ0n) is 18.4. The molecular weight excluding hydrogens is 445 g/mol. The summed E-state index contributed by atoms with van der Waals surface area (Å²) in [5, 5.41) is 22.2. The van der Waals surface area contributed by atoms with Crippen LogP contribution in [0.15, 0.2) is 36.4 Å². The molecule has 0 unspecified atom stereocenters. The van der Waals surface area contributed by atoms with Crippen LogP contribution >= 0.6 is 0 Å². The van der Waals surface area contributed by atoms with Crippen LogP contribution in [-0.2, 0) is 17.7 Å². The molecule has 1 amide bonds. The van der Waals surface area contributed by atoms with Crippen molar-refractivity contribution in [1.82, 2.24) is 14.8 Å². The van der Waals surface area contributed by atoms with E-state index in [1.807, 2.05) is 4.57 Å². The smallest absolute Gasteiger partial charge is 0.338 e. The number of nitro benzene ring substituents is 1. The maximum absolute atomic E-state index is 14.6. The number of carbonyl (C=O) groups is 2. The van der Waals surface area contributed by atoms with E-state index in [2.05, 4.69) is 15.5 Å². The summed E-state index contributed by atoms with van der Waals surface area (Å²) >= 11 is 0. The second-order valence-electron chi connectivity index (χ2n) is 7.80. The SMILES string of the molecule is CCOC(=O)c1cc(C(=O)Nc2cc(-c3nnc4n3CCCCC4)ccc2F)cc([N+](=O)[O-])c1. The fourth-order valence-electron chi connectivity index (χ4n) is 3.83. The summed E-state index contributed by atoms with van der Waals surface area (Å²) in [6.45, 7) is 2.40. The molecule has 0 fully saturated rings. The third-order valence-electron chi connectivity index (χ3n) is 5.48. The number of ether oxygens (including phenoxy) is 1. The molecule has 3 aromatic rings. The number of anilines is 1. The van der Waals surface area contributed by atoms with Crippen molar-refractivity contribution in [2.24, 2.45) is 0 Å². The number of hydrogen-bond donors (Lipinski definition) is 1. The van der Waals surface area contributed by atoms with Gasteiger partial charge in [-0.1, -0.05) is 6.42 Å². The highest BCUT2D eigenvalue weighted by molar-refractivity contribution is 6.06. The van der Waals surface area contributed by atoms with Crippen LogP contribution in [0.25, 0.3) is 11.4 Å². The number of hydrogen-bond acceptors (Lipinski definition) is 7. The molecule has 0 spiro atoms. The van der Waals surface area contributed by atoms with Crippen molar-refractivity contribution in [2.45, 2.75) is 39.2 Å². The summed E-state index contributed by atoms with van der Waals surface area (Å²) in [4.78, 5) is 35.5. The molecule has 1 N–H and O–H groups in total. The van der Waals surface area contributed by atoms with E-state index in [1.165, 1.54) is 18.2 Å². The van der Waals surface area contributed by atoms with Crippen LogP contribution in [0.1, 0.15) is 52.7 Å². The number of rotatable bonds is 6. The number of nitrogens with zero attached hydrogens (tertiary/aromatic N) is 4.